The number of nitrogen functional groups attached to an aromatic ring is 1. The third kappa shape index (κ3) is 3.16. The Bertz CT molecular complexity index is 643. The van der Waals surface area contributed by atoms with Gasteiger partial charge in [-0.3, -0.25) is 0 Å². The molecule has 7 heteroatoms. The highest BCUT2D eigenvalue weighted by Gasteiger charge is 2.21. The number of anilines is 1. The maximum Gasteiger partial charge on any atom is 0.342 e. The summed E-state index contributed by atoms with van der Waals surface area (Å²) in [4.78, 5) is 11.3. The molecule has 2 aromatic rings. The highest BCUT2D eigenvalue weighted by atomic mass is 79.9. The fourth-order valence-corrected chi connectivity index (χ4v) is 3.03. The van der Waals surface area contributed by atoms with Crippen molar-refractivity contribution < 1.29 is 9.90 Å². The number of hydrogen-bond acceptors (Lipinski definition) is 4. The molecule has 1 aromatic carbocycles. The van der Waals surface area contributed by atoms with Crippen LogP contribution in [0.1, 0.15) is 22.8 Å². The number of carboxylic acids is 1. The lowest BCUT2D eigenvalue weighted by Crippen LogP contribution is -2.08. The molecule has 0 aliphatic rings. The fourth-order valence-electron chi connectivity index (χ4n) is 1.82. The minimum absolute atomic E-state index is 0.0897. The van der Waals surface area contributed by atoms with Gasteiger partial charge in [-0.05, 0) is 23.4 Å². The van der Waals surface area contributed by atoms with Crippen LogP contribution in [0.15, 0.2) is 33.8 Å². The smallest absolute Gasteiger partial charge is 0.342 e. The molecule has 0 atom stereocenters. The lowest BCUT2D eigenvalue weighted by Gasteiger charge is -2.04. The Morgan fingerprint density at radius 1 is 1.55 bits per heavy atom. The van der Waals surface area contributed by atoms with Crippen LogP contribution in [-0.2, 0) is 6.54 Å². The Morgan fingerprint density at radius 2 is 2.30 bits per heavy atom. The number of aromatic nitrogens is 2. The van der Waals surface area contributed by atoms with Gasteiger partial charge < -0.3 is 10.8 Å². The molecule has 3 N–H and O–H groups in total. The number of thioether (sulfide) groups is 1. The lowest BCUT2D eigenvalue weighted by atomic mass is 10.2. The van der Waals surface area contributed by atoms with E-state index in [9.17, 15) is 9.90 Å². The molecule has 0 radical (unpaired) electrons. The summed E-state index contributed by atoms with van der Waals surface area (Å²) in [6.45, 7) is 2.38. The monoisotopic (exact) mass is 355 g/mol. The molecule has 0 spiro atoms. The summed E-state index contributed by atoms with van der Waals surface area (Å²) in [5.41, 5.74) is 7.00. The van der Waals surface area contributed by atoms with E-state index in [-0.39, 0.29) is 11.4 Å². The van der Waals surface area contributed by atoms with E-state index in [1.54, 1.807) is 0 Å². The minimum atomic E-state index is -1.04. The highest BCUT2D eigenvalue weighted by Crippen LogP contribution is 2.27. The summed E-state index contributed by atoms with van der Waals surface area (Å²) in [5, 5.41) is 14.0. The van der Waals surface area contributed by atoms with Crippen molar-refractivity contribution in [1.82, 2.24) is 9.78 Å². The van der Waals surface area contributed by atoms with Crippen molar-refractivity contribution in [2.45, 2.75) is 18.5 Å². The van der Waals surface area contributed by atoms with E-state index in [0.717, 1.165) is 15.8 Å². The number of carbonyl (C=O) groups is 1. The van der Waals surface area contributed by atoms with Crippen LogP contribution in [0.25, 0.3) is 0 Å². The summed E-state index contributed by atoms with van der Waals surface area (Å²) in [5.74, 6) is -0.111. The first-order valence-electron chi connectivity index (χ1n) is 5.99. The standard InChI is InChI=1S/C13H14BrN3O2S/c1-2-20-12-10(13(18)19)11(15)17(16-12)7-8-4-3-5-9(14)6-8/h3-6H,2,7,15H2,1H3,(H,18,19). The zero-order chi connectivity index (χ0) is 14.7. The van der Waals surface area contributed by atoms with Crippen molar-refractivity contribution in [2.24, 2.45) is 0 Å². The van der Waals surface area contributed by atoms with Gasteiger partial charge in [0.1, 0.15) is 16.4 Å². The Labute approximate surface area is 129 Å². The van der Waals surface area contributed by atoms with Crippen LogP contribution in [0.5, 0.6) is 0 Å². The number of carboxylic acid groups (broad SMARTS) is 1. The van der Waals surface area contributed by atoms with E-state index in [0.29, 0.717) is 11.6 Å². The molecule has 5 nitrogen and oxygen atoms in total. The molecule has 2 rings (SSSR count). The average Bonchev–Trinajstić information content (AvgIpc) is 2.66. The van der Waals surface area contributed by atoms with Crippen LogP contribution in [0.4, 0.5) is 5.82 Å². The molecule has 0 saturated heterocycles. The molecular formula is C13H14BrN3O2S. The van der Waals surface area contributed by atoms with E-state index in [4.69, 9.17) is 5.73 Å². The molecule has 0 aliphatic carbocycles. The van der Waals surface area contributed by atoms with Gasteiger partial charge in [0.15, 0.2) is 0 Å². The minimum Gasteiger partial charge on any atom is -0.477 e. The third-order valence-corrected chi connectivity index (χ3v) is 4.02. The van der Waals surface area contributed by atoms with E-state index in [2.05, 4.69) is 21.0 Å². The number of nitrogens with zero attached hydrogens (tertiary/aromatic N) is 2. The molecule has 0 unspecified atom stereocenters. The maximum atomic E-state index is 11.3. The van der Waals surface area contributed by atoms with Crippen LogP contribution in [0, 0.1) is 0 Å². The van der Waals surface area contributed by atoms with E-state index >= 15 is 0 Å². The van der Waals surface area contributed by atoms with Crippen LogP contribution >= 0.6 is 27.7 Å². The van der Waals surface area contributed by atoms with Gasteiger partial charge in [0.2, 0.25) is 0 Å². The average molecular weight is 356 g/mol. The second-order valence-electron chi connectivity index (χ2n) is 4.09. The second-order valence-corrected chi connectivity index (χ2v) is 6.26. The van der Waals surface area contributed by atoms with Crippen molar-refractivity contribution in [3.05, 3.63) is 39.9 Å². The number of aromatic carboxylic acids is 1. The van der Waals surface area contributed by atoms with Gasteiger partial charge in [0.25, 0.3) is 0 Å². The number of rotatable bonds is 5. The Morgan fingerprint density at radius 3 is 2.90 bits per heavy atom. The van der Waals surface area contributed by atoms with E-state index in [1.165, 1.54) is 16.4 Å². The number of benzene rings is 1. The molecular weight excluding hydrogens is 342 g/mol. The van der Waals surface area contributed by atoms with Gasteiger partial charge in [-0.1, -0.05) is 35.0 Å². The molecule has 0 bridgehead atoms. The number of halogens is 1. The zero-order valence-electron chi connectivity index (χ0n) is 10.8. The molecule has 0 saturated carbocycles. The Balaban J connectivity index is 2.37. The second kappa shape index (κ2) is 6.32. The van der Waals surface area contributed by atoms with Gasteiger partial charge in [-0.15, -0.1) is 11.8 Å². The molecule has 1 aromatic heterocycles. The Kier molecular flexibility index (Phi) is 4.72. The van der Waals surface area contributed by atoms with E-state index in [1.807, 2.05) is 31.2 Å². The van der Waals surface area contributed by atoms with Gasteiger partial charge in [0, 0.05) is 4.47 Å². The van der Waals surface area contributed by atoms with Crippen LogP contribution < -0.4 is 5.73 Å². The van der Waals surface area contributed by atoms with Crippen LogP contribution in [-0.4, -0.2) is 26.6 Å². The van der Waals surface area contributed by atoms with Gasteiger partial charge in [-0.2, -0.15) is 5.10 Å². The third-order valence-electron chi connectivity index (χ3n) is 2.68. The molecule has 1 heterocycles. The van der Waals surface area contributed by atoms with Crippen molar-refractivity contribution >= 4 is 39.5 Å². The first kappa shape index (κ1) is 14.9. The topological polar surface area (TPSA) is 81.1 Å². The first-order valence-corrected chi connectivity index (χ1v) is 7.77. The zero-order valence-corrected chi connectivity index (χ0v) is 13.2. The normalized spacial score (nSPS) is 10.7. The summed E-state index contributed by atoms with van der Waals surface area (Å²) in [7, 11) is 0. The van der Waals surface area contributed by atoms with Crippen molar-refractivity contribution in [2.75, 3.05) is 11.5 Å². The first-order chi connectivity index (χ1) is 9.52. The van der Waals surface area contributed by atoms with Crippen molar-refractivity contribution in [3.8, 4) is 0 Å². The van der Waals surface area contributed by atoms with Gasteiger partial charge >= 0.3 is 5.97 Å². The largest absolute Gasteiger partial charge is 0.477 e. The predicted molar refractivity (Wildman–Crippen MR) is 83.2 cm³/mol. The Hall–Kier alpha value is -1.47. The SMILES string of the molecule is CCSc1nn(Cc2cccc(Br)c2)c(N)c1C(=O)O. The summed E-state index contributed by atoms with van der Waals surface area (Å²) in [6, 6.07) is 7.74. The summed E-state index contributed by atoms with van der Waals surface area (Å²) >= 11 is 4.78. The van der Waals surface area contributed by atoms with E-state index < -0.39 is 5.97 Å². The fraction of sp³-hybridized carbons (Fsp3) is 0.231. The molecule has 20 heavy (non-hydrogen) atoms. The molecule has 0 fully saturated rings. The van der Waals surface area contributed by atoms with Crippen LogP contribution in [0.2, 0.25) is 0 Å². The number of nitrogens with two attached hydrogens (primary N) is 1. The molecule has 0 amide bonds. The highest BCUT2D eigenvalue weighted by molar-refractivity contribution is 9.10. The van der Waals surface area contributed by atoms with Gasteiger partial charge in [0.05, 0.1) is 6.54 Å². The summed E-state index contributed by atoms with van der Waals surface area (Å²) in [6.07, 6.45) is 0. The summed E-state index contributed by atoms with van der Waals surface area (Å²) < 4.78 is 2.49. The van der Waals surface area contributed by atoms with Gasteiger partial charge in [-0.25, -0.2) is 9.48 Å². The van der Waals surface area contributed by atoms with Crippen molar-refractivity contribution in [1.29, 1.82) is 0 Å². The quantitative estimate of drug-likeness (QED) is 0.805. The lowest BCUT2D eigenvalue weighted by molar-refractivity contribution is 0.0694. The maximum absolute atomic E-state index is 11.3. The van der Waals surface area contributed by atoms with Crippen LogP contribution in [0.3, 0.4) is 0 Å². The van der Waals surface area contributed by atoms with Crippen molar-refractivity contribution in [3.63, 3.8) is 0 Å². The number of hydrogen-bond donors (Lipinski definition) is 2. The molecule has 0 aliphatic heterocycles. The molecule has 106 valence electrons. The predicted octanol–water partition coefficient (Wildman–Crippen LogP) is 3.09.